The van der Waals surface area contributed by atoms with Crippen molar-refractivity contribution in [3.63, 3.8) is 0 Å². The van der Waals surface area contributed by atoms with E-state index in [2.05, 4.69) is 12.2 Å². The molecule has 0 spiro atoms. The lowest BCUT2D eigenvalue weighted by Crippen LogP contribution is -2.40. The van der Waals surface area contributed by atoms with Crippen LogP contribution in [0.3, 0.4) is 0 Å². The molecule has 1 aromatic rings. The Hall–Kier alpha value is -1.33. The topological polar surface area (TPSA) is 64.3 Å². The molecule has 0 heterocycles. The van der Waals surface area contributed by atoms with Gasteiger partial charge in [0.1, 0.15) is 0 Å². The largest absolute Gasteiger partial charge is 0.490 e. The number of unbranched alkanes of at least 4 members (excludes halogenated alkanes) is 1. The maximum atomic E-state index is 13.3. The number of halogens is 2. The van der Waals surface area contributed by atoms with Gasteiger partial charge in [-0.1, -0.05) is 31.9 Å². The SMILES string of the molecule is CCCCC(CN)NC(=O)CCOc1ccccc1F.Cl. The fourth-order valence-corrected chi connectivity index (χ4v) is 1.81. The predicted molar refractivity (Wildman–Crippen MR) is 84.3 cm³/mol. The first-order chi connectivity index (χ1) is 9.67. The summed E-state index contributed by atoms with van der Waals surface area (Å²) in [7, 11) is 0. The van der Waals surface area contributed by atoms with Gasteiger partial charge in [-0.25, -0.2) is 4.39 Å². The molecule has 1 rings (SSSR count). The fraction of sp³-hybridized carbons (Fsp3) is 0.533. The minimum Gasteiger partial charge on any atom is -0.490 e. The lowest BCUT2D eigenvalue weighted by atomic mass is 10.1. The molecule has 1 atom stereocenters. The van der Waals surface area contributed by atoms with E-state index in [4.69, 9.17) is 10.5 Å². The monoisotopic (exact) mass is 318 g/mol. The summed E-state index contributed by atoms with van der Waals surface area (Å²) >= 11 is 0. The summed E-state index contributed by atoms with van der Waals surface area (Å²) in [6.45, 7) is 2.68. The zero-order chi connectivity index (χ0) is 14.8. The van der Waals surface area contributed by atoms with E-state index in [1.54, 1.807) is 12.1 Å². The van der Waals surface area contributed by atoms with Gasteiger partial charge in [0.25, 0.3) is 0 Å². The fourth-order valence-electron chi connectivity index (χ4n) is 1.81. The summed E-state index contributed by atoms with van der Waals surface area (Å²) in [5.41, 5.74) is 5.61. The molecule has 0 aromatic heterocycles. The van der Waals surface area contributed by atoms with Crippen LogP contribution >= 0.6 is 12.4 Å². The third kappa shape index (κ3) is 7.87. The second kappa shape index (κ2) is 11.3. The second-order valence-electron chi connectivity index (χ2n) is 4.67. The minimum atomic E-state index is -0.421. The number of hydrogen-bond donors (Lipinski definition) is 2. The molecule has 6 heteroatoms. The van der Waals surface area contributed by atoms with Crippen molar-refractivity contribution < 1.29 is 13.9 Å². The number of carbonyl (C=O) groups is 1. The number of benzene rings is 1. The Morgan fingerprint density at radius 3 is 2.76 bits per heavy atom. The van der Waals surface area contributed by atoms with Crippen LogP contribution in [-0.2, 0) is 4.79 Å². The van der Waals surface area contributed by atoms with Crippen LogP contribution in [0.4, 0.5) is 4.39 Å². The first-order valence-electron chi connectivity index (χ1n) is 7.04. The summed E-state index contributed by atoms with van der Waals surface area (Å²) in [6.07, 6.45) is 3.18. The van der Waals surface area contributed by atoms with Crippen molar-refractivity contribution in [2.75, 3.05) is 13.2 Å². The van der Waals surface area contributed by atoms with Crippen LogP contribution in [0.25, 0.3) is 0 Å². The average molecular weight is 319 g/mol. The second-order valence-corrected chi connectivity index (χ2v) is 4.67. The normalized spacial score (nSPS) is 11.4. The molecular formula is C15H24ClFN2O2. The maximum Gasteiger partial charge on any atom is 0.223 e. The minimum absolute atomic E-state index is 0. The number of nitrogens with one attached hydrogen (secondary N) is 1. The van der Waals surface area contributed by atoms with Gasteiger partial charge in [-0.2, -0.15) is 0 Å². The Kier molecular flexibility index (Phi) is 10.6. The Labute approximate surface area is 131 Å². The molecule has 0 fully saturated rings. The van der Waals surface area contributed by atoms with E-state index >= 15 is 0 Å². The highest BCUT2D eigenvalue weighted by molar-refractivity contribution is 5.85. The molecule has 0 radical (unpaired) electrons. The van der Waals surface area contributed by atoms with Gasteiger partial charge < -0.3 is 15.8 Å². The summed E-state index contributed by atoms with van der Waals surface area (Å²) in [4.78, 5) is 11.7. The average Bonchev–Trinajstić information content (AvgIpc) is 2.45. The van der Waals surface area contributed by atoms with Gasteiger partial charge in [0.05, 0.1) is 13.0 Å². The van der Waals surface area contributed by atoms with Crippen LogP contribution in [-0.4, -0.2) is 25.1 Å². The number of para-hydroxylation sites is 1. The van der Waals surface area contributed by atoms with Crippen molar-refractivity contribution >= 4 is 18.3 Å². The number of hydrogen-bond acceptors (Lipinski definition) is 3. The first-order valence-corrected chi connectivity index (χ1v) is 7.04. The Morgan fingerprint density at radius 2 is 2.14 bits per heavy atom. The third-order valence-electron chi connectivity index (χ3n) is 2.98. The van der Waals surface area contributed by atoms with Crippen molar-refractivity contribution in [2.24, 2.45) is 5.73 Å². The molecule has 4 nitrogen and oxygen atoms in total. The Balaban J connectivity index is 0.00000400. The van der Waals surface area contributed by atoms with Crippen LogP contribution in [0.1, 0.15) is 32.6 Å². The highest BCUT2D eigenvalue weighted by Crippen LogP contribution is 2.15. The van der Waals surface area contributed by atoms with E-state index in [0.717, 1.165) is 19.3 Å². The first kappa shape index (κ1) is 19.7. The maximum absolute atomic E-state index is 13.3. The van der Waals surface area contributed by atoms with Crippen molar-refractivity contribution in [3.8, 4) is 5.75 Å². The van der Waals surface area contributed by atoms with Gasteiger partial charge in [-0.15, -0.1) is 12.4 Å². The molecule has 0 aliphatic heterocycles. The summed E-state index contributed by atoms with van der Waals surface area (Å²) in [5, 5.41) is 2.86. The van der Waals surface area contributed by atoms with E-state index in [1.807, 2.05) is 0 Å². The quantitative estimate of drug-likeness (QED) is 0.735. The number of nitrogens with two attached hydrogens (primary N) is 1. The van der Waals surface area contributed by atoms with Gasteiger partial charge in [0, 0.05) is 12.6 Å². The van der Waals surface area contributed by atoms with E-state index in [9.17, 15) is 9.18 Å². The van der Waals surface area contributed by atoms with E-state index in [-0.39, 0.29) is 43.1 Å². The molecule has 3 N–H and O–H groups in total. The zero-order valence-electron chi connectivity index (χ0n) is 12.3. The third-order valence-corrected chi connectivity index (χ3v) is 2.98. The van der Waals surface area contributed by atoms with Crippen LogP contribution in [0.15, 0.2) is 24.3 Å². The molecule has 1 amide bonds. The smallest absolute Gasteiger partial charge is 0.223 e. The van der Waals surface area contributed by atoms with E-state index < -0.39 is 5.82 Å². The number of amides is 1. The zero-order valence-corrected chi connectivity index (χ0v) is 13.1. The summed E-state index contributed by atoms with van der Waals surface area (Å²) in [6, 6.07) is 6.15. The van der Waals surface area contributed by atoms with Crippen molar-refractivity contribution in [3.05, 3.63) is 30.1 Å². The van der Waals surface area contributed by atoms with Crippen LogP contribution < -0.4 is 15.8 Å². The molecule has 0 aliphatic carbocycles. The standard InChI is InChI=1S/C15H23FN2O2.ClH/c1-2-3-6-12(11-17)18-15(19)9-10-20-14-8-5-4-7-13(14)16;/h4-5,7-8,12H,2-3,6,9-11,17H2,1H3,(H,18,19);1H. The molecule has 0 aliphatic rings. The molecule has 0 saturated heterocycles. The molecule has 21 heavy (non-hydrogen) atoms. The number of carbonyl (C=O) groups excluding carboxylic acids is 1. The van der Waals surface area contributed by atoms with Gasteiger partial charge in [-0.3, -0.25) is 4.79 Å². The lowest BCUT2D eigenvalue weighted by molar-refractivity contribution is -0.122. The summed E-state index contributed by atoms with van der Waals surface area (Å²) < 4.78 is 18.5. The van der Waals surface area contributed by atoms with Gasteiger partial charge in [-0.05, 0) is 18.6 Å². The highest BCUT2D eigenvalue weighted by Gasteiger charge is 2.10. The molecule has 120 valence electrons. The van der Waals surface area contributed by atoms with Crippen molar-refractivity contribution in [1.82, 2.24) is 5.32 Å². The molecule has 0 bridgehead atoms. The molecule has 0 saturated carbocycles. The lowest BCUT2D eigenvalue weighted by Gasteiger charge is -2.16. The van der Waals surface area contributed by atoms with Crippen LogP contribution in [0, 0.1) is 5.82 Å². The van der Waals surface area contributed by atoms with Crippen molar-refractivity contribution in [2.45, 2.75) is 38.6 Å². The molecular weight excluding hydrogens is 295 g/mol. The predicted octanol–water partition coefficient (Wildman–Crippen LogP) is 2.65. The van der Waals surface area contributed by atoms with E-state index in [0.29, 0.717) is 6.54 Å². The summed E-state index contributed by atoms with van der Waals surface area (Å²) in [5.74, 6) is -0.370. The number of ether oxygens (including phenoxy) is 1. The van der Waals surface area contributed by atoms with Gasteiger partial charge >= 0.3 is 0 Å². The van der Waals surface area contributed by atoms with Gasteiger partial charge in [0.2, 0.25) is 5.91 Å². The van der Waals surface area contributed by atoms with Crippen LogP contribution in [0.5, 0.6) is 5.75 Å². The molecule has 1 unspecified atom stereocenters. The Morgan fingerprint density at radius 1 is 1.43 bits per heavy atom. The van der Waals surface area contributed by atoms with Crippen LogP contribution in [0.2, 0.25) is 0 Å². The highest BCUT2D eigenvalue weighted by atomic mass is 35.5. The van der Waals surface area contributed by atoms with Crippen molar-refractivity contribution in [1.29, 1.82) is 0 Å². The number of rotatable bonds is 9. The molecule has 1 aromatic carbocycles. The van der Waals surface area contributed by atoms with Gasteiger partial charge in [0.15, 0.2) is 11.6 Å². The Bertz CT molecular complexity index is 418. The van der Waals surface area contributed by atoms with E-state index in [1.165, 1.54) is 12.1 Å².